The van der Waals surface area contributed by atoms with Crippen LogP contribution in [0.3, 0.4) is 0 Å². The molecular weight excluding hydrogens is 130 g/mol. The molecule has 0 rings (SSSR count). The van der Waals surface area contributed by atoms with E-state index in [-0.39, 0.29) is 14.1 Å². The summed E-state index contributed by atoms with van der Waals surface area (Å²) in [5, 5.41) is 1.55. The van der Waals surface area contributed by atoms with E-state index in [1.807, 2.05) is 0 Å². The van der Waals surface area contributed by atoms with E-state index in [0.29, 0.717) is 7.92 Å². The van der Waals surface area contributed by atoms with Crippen LogP contribution in [0.4, 0.5) is 0 Å². The third-order valence-corrected chi connectivity index (χ3v) is 4.24. The second-order valence-electron chi connectivity index (χ2n) is 2.99. The van der Waals surface area contributed by atoms with Crippen molar-refractivity contribution in [1.82, 2.24) is 0 Å². The van der Waals surface area contributed by atoms with E-state index in [0.717, 1.165) is 0 Å². The molecule has 0 aliphatic carbocycles. The molecule has 0 aromatic carbocycles. The summed E-state index contributed by atoms with van der Waals surface area (Å²) in [5.41, 5.74) is 0. The van der Waals surface area contributed by atoms with Crippen molar-refractivity contribution < 1.29 is 0 Å². The van der Waals surface area contributed by atoms with E-state index in [9.17, 15) is 0 Å². The SMILES string of the molecule is [CH3][Al]([CH3])[CH2]CP(C)C. The van der Waals surface area contributed by atoms with Crippen molar-refractivity contribution in [2.45, 2.75) is 16.9 Å². The smallest absolute Gasteiger partial charge is 0.114 e. The van der Waals surface area contributed by atoms with Crippen molar-refractivity contribution in [3.63, 3.8) is 0 Å². The zero-order valence-corrected chi connectivity index (χ0v) is 8.49. The van der Waals surface area contributed by atoms with Crippen LogP contribution in [0, 0.1) is 0 Å². The third kappa shape index (κ3) is 6.96. The predicted octanol–water partition coefficient (Wildman–Crippen LogP) is 2.48. The van der Waals surface area contributed by atoms with Crippen LogP contribution in [0.5, 0.6) is 0 Å². The lowest BCUT2D eigenvalue weighted by molar-refractivity contribution is 1.42. The fourth-order valence-electron chi connectivity index (χ4n) is 0.516. The van der Waals surface area contributed by atoms with Crippen molar-refractivity contribution in [3.05, 3.63) is 0 Å². The van der Waals surface area contributed by atoms with Gasteiger partial charge in [-0.15, -0.1) is 19.5 Å². The van der Waals surface area contributed by atoms with E-state index in [1.54, 1.807) is 5.28 Å². The largest absolute Gasteiger partial charge is 0.255 e. The molecule has 0 N–H and O–H groups in total. The summed E-state index contributed by atoms with van der Waals surface area (Å²) in [6.07, 6.45) is 1.51. The molecule has 2 heteroatoms. The maximum absolute atomic E-state index is 2.43. The van der Waals surface area contributed by atoms with Gasteiger partial charge in [0.05, 0.1) is 0 Å². The van der Waals surface area contributed by atoms with Crippen molar-refractivity contribution in [2.24, 2.45) is 0 Å². The Hall–Kier alpha value is 0.962. The molecule has 0 heterocycles. The monoisotopic (exact) mass is 146 g/mol. The zero-order valence-electron chi connectivity index (χ0n) is 6.44. The molecule has 0 amide bonds. The number of rotatable bonds is 3. The molecule has 0 aliphatic heterocycles. The minimum atomic E-state index is -0.210. The number of hydrogen-bond acceptors (Lipinski definition) is 0. The van der Waals surface area contributed by atoms with Crippen molar-refractivity contribution in [2.75, 3.05) is 19.5 Å². The topological polar surface area (TPSA) is 0 Å². The highest BCUT2D eigenvalue weighted by Crippen LogP contribution is 2.25. The molecule has 48 valence electrons. The van der Waals surface area contributed by atoms with Crippen molar-refractivity contribution in [3.8, 4) is 0 Å². The van der Waals surface area contributed by atoms with Gasteiger partial charge < -0.3 is 0 Å². The standard InChI is InChI=1S/C4H10P.2CH3.Al/c1-4-5(2)3;;;/h1,4H2,2-3H3;2*1H3;. The lowest BCUT2D eigenvalue weighted by Crippen LogP contribution is -2.00. The molecular formula is C6H16AlP. The molecule has 0 aromatic heterocycles. The summed E-state index contributed by atoms with van der Waals surface area (Å²) in [6, 6.07) is 0. The maximum atomic E-state index is 2.43. The van der Waals surface area contributed by atoms with Crippen LogP contribution in [0.1, 0.15) is 0 Å². The Balaban J connectivity index is 2.93. The van der Waals surface area contributed by atoms with Crippen molar-refractivity contribution in [1.29, 1.82) is 0 Å². The lowest BCUT2D eigenvalue weighted by atomic mass is 10.9. The van der Waals surface area contributed by atoms with Crippen molar-refractivity contribution >= 4 is 22.1 Å². The lowest BCUT2D eigenvalue weighted by Gasteiger charge is -2.03. The Labute approximate surface area is 58.8 Å². The van der Waals surface area contributed by atoms with Crippen LogP contribution in [0.25, 0.3) is 0 Å². The molecule has 0 fully saturated rings. The fourth-order valence-corrected chi connectivity index (χ4v) is 4.65. The molecule has 0 unspecified atom stereocenters. The van der Waals surface area contributed by atoms with E-state index in [2.05, 4.69) is 24.9 Å². The summed E-state index contributed by atoms with van der Waals surface area (Å²) in [6.45, 7) is 4.73. The normalized spacial score (nSPS) is 10.1. The van der Waals surface area contributed by atoms with Crippen LogP contribution in [-0.2, 0) is 0 Å². The zero-order chi connectivity index (χ0) is 6.57. The molecule has 0 saturated heterocycles. The van der Waals surface area contributed by atoms with Gasteiger partial charge in [-0.25, -0.2) is 0 Å². The van der Waals surface area contributed by atoms with Gasteiger partial charge in [-0.3, -0.25) is 0 Å². The molecule has 0 saturated carbocycles. The summed E-state index contributed by atoms with van der Waals surface area (Å²) in [5.74, 6) is 4.86. The van der Waals surface area contributed by atoms with Gasteiger partial charge in [0.25, 0.3) is 14.1 Å². The van der Waals surface area contributed by atoms with Gasteiger partial charge in [0, 0.05) is 0 Å². The van der Waals surface area contributed by atoms with Crippen LogP contribution >= 0.6 is 7.92 Å². The summed E-state index contributed by atoms with van der Waals surface area (Å²) >= 11 is -0.210. The Morgan fingerprint density at radius 3 is 1.88 bits per heavy atom. The highest BCUT2D eigenvalue weighted by molar-refractivity contribution is 7.56. The highest BCUT2D eigenvalue weighted by Gasteiger charge is 2.01. The van der Waals surface area contributed by atoms with Gasteiger partial charge in [-0.1, -0.05) is 5.28 Å². The molecule has 0 bridgehead atoms. The Morgan fingerprint density at radius 1 is 1.25 bits per heavy atom. The Morgan fingerprint density at radius 2 is 1.75 bits per heavy atom. The quantitative estimate of drug-likeness (QED) is 0.424. The van der Waals surface area contributed by atoms with Gasteiger partial charge >= 0.3 is 0 Å². The van der Waals surface area contributed by atoms with Crippen LogP contribution in [-0.4, -0.2) is 33.6 Å². The molecule has 0 aliphatic rings. The van der Waals surface area contributed by atoms with Crippen LogP contribution < -0.4 is 0 Å². The van der Waals surface area contributed by atoms with E-state index in [1.165, 1.54) is 6.16 Å². The van der Waals surface area contributed by atoms with Gasteiger partial charge in [0.15, 0.2) is 0 Å². The Bertz CT molecular complexity index is 44.5. The third-order valence-electron chi connectivity index (χ3n) is 1.15. The summed E-state index contributed by atoms with van der Waals surface area (Å²) in [4.78, 5) is 0. The first-order chi connectivity index (χ1) is 3.63. The average molecular weight is 146 g/mol. The molecule has 0 aromatic rings. The van der Waals surface area contributed by atoms with Gasteiger partial charge in [0.1, 0.15) is 0 Å². The summed E-state index contributed by atoms with van der Waals surface area (Å²) < 4.78 is 0. The van der Waals surface area contributed by atoms with Gasteiger partial charge in [-0.2, -0.15) is 0 Å². The minimum absolute atomic E-state index is 0.210. The maximum Gasteiger partial charge on any atom is 0.255 e. The minimum Gasteiger partial charge on any atom is -0.114 e. The van der Waals surface area contributed by atoms with Gasteiger partial charge in [0.2, 0.25) is 0 Å². The summed E-state index contributed by atoms with van der Waals surface area (Å²) in [7, 11) is 0.402. The first kappa shape index (κ1) is 8.96. The Kier molecular flexibility index (Phi) is 5.38. The average Bonchev–Trinajstić information content (AvgIpc) is 1.61. The van der Waals surface area contributed by atoms with Gasteiger partial charge in [-0.05, 0) is 19.5 Å². The molecule has 0 atom stereocenters. The number of hydrogen-bond donors (Lipinski definition) is 0. The fraction of sp³-hybridized carbons (Fsp3) is 1.00. The first-order valence-corrected chi connectivity index (χ1v) is 8.82. The first-order valence-electron chi connectivity index (χ1n) is 3.27. The second-order valence-corrected chi connectivity index (χ2v) is 8.96. The van der Waals surface area contributed by atoms with E-state index in [4.69, 9.17) is 0 Å². The molecule has 0 radical (unpaired) electrons. The van der Waals surface area contributed by atoms with E-state index < -0.39 is 0 Å². The molecule has 0 spiro atoms. The molecule has 0 nitrogen and oxygen atoms in total. The van der Waals surface area contributed by atoms with Crippen LogP contribution in [0.15, 0.2) is 0 Å². The molecule has 8 heavy (non-hydrogen) atoms. The highest BCUT2D eigenvalue weighted by atomic mass is 31.1. The van der Waals surface area contributed by atoms with E-state index >= 15 is 0 Å². The predicted molar refractivity (Wildman–Crippen MR) is 45.9 cm³/mol. The second kappa shape index (κ2) is 4.81. The van der Waals surface area contributed by atoms with Crippen LogP contribution in [0.2, 0.25) is 16.9 Å².